The molecule has 84 valence electrons. The SMILES string of the molecule is CCCNCc1cccc(-n2cccn2)n1. The monoisotopic (exact) mass is 216 g/mol. The molecule has 0 aliphatic rings. The topological polar surface area (TPSA) is 42.7 Å². The van der Waals surface area contributed by atoms with Crippen molar-refractivity contribution in [3.8, 4) is 5.82 Å². The molecule has 0 aliphatic carbocycles. The zero-order chi connectivity index (χ0) is 11.2. The Kier molecular flexibility index (Phi) is 3.66. The number of hydrogen-bond acceptors (Lipinski definition) is 3. The summed E-state index contributed by atoms with van der Waals surface area (Å²) in [6, 6.07) is 7.88. The summed E-state index contributed by atoms with van der Waals surface area (Å²) in [5.41, 5.74) is 1.04. The third kappa shape index (κ3) is 2.67. The third-order valence-electron chi connectivity index (χ3n) is 2.26. The van der Waals surface area contributed by atoms with E-state index in [0.29, 0.717) is 0 Å². The van der Waals surface area contributed by atoms with Gasteiger partial charge in [0.1, 0.15) is 0 Å². The molecule has 2 heterocycles. The first-order valence-electron chi connectivity index (χ1n) is 5.57. The highest BCUT2D eigenvalue weighted by Gasteiger charge is 1.99. The van der Waals surface area contributed by atoms with Crippen molar-refractivity contribution in [3.05, 3.63) is 42.4 Å². The molecule has 16 heavy (non-hydrogen) atoms. The van der Waals surface area contributed by atoms with Crippen LogP contribution in [0.4, 0.5) is 0 Å². The first-order valence-corrected chi connectivity index (χ1v) is 5.57. The first kappa shape index (κ1) is 10.8. The fraction of sp³-hybridized carbons (Fsp3) is 0.333. The van der Waals surface area contributed by atoms with Crippen molar-refractivity contribution in [2.45, 2.75) is 19.9 Å². The highest BCUT2D eigenvalue weighted by Crippen LogP contribution is 2.04. The van der Waals surface area contributed by atoms with Crippen LogP contribution in [0.25, 0.3) is 5.82 Å². The zero-order valence-corrected chi connectivity index (χ0v) is 9.43. The first-order chi connectivity index (χ1) is 7.90. The van der Waals surface area contributed by atoms with Crippen molar-refractivity contribution in [1.82, 2.24) is 20.1 Å². The minimum atomic E-state index is 0.808. The van der Waals surface area contributed by atoms with Crippen LogP contribution < -0.4 is 5.32 Å². The fourth-order valence-electron chi connectivity index (χ4n) is 1.49. The van der Waals surface area contributed by atoms with Gasteiger partial charge in [0, 0.05) is 18.9 Å². The minimum absolute atomic E-state index is 0.808. The summed E-state index contributed by atoms with van der Waals surface area (Å²) in [5.74, 6) is 0.862. The molecule has 4 nitrogen and oxygen atoms in total. The van der Waals surface area contributed by atoms with Gasteiger partial charge in [0.05, 0.1) is 5.69 Å². The molecule has 2 aromatic heterocycles. The molecule has 0 unspecified atom stereocenters. The van der Waals surface area contributed by atoms with Crippen molar-refractivity contribution in [2.24, 2.45) is 0 Å². The second-order valence-corrected chi connectivity index (χ2v) is 3.61. The standard InChI is InChI=1S/C12H16N4/c1-2-7-13-10-11-5-3-6-12(15-11)16-9-4-8-14-16/h3-6,8-9,13H,2,7,10H2,1H3. The van der Waals surface area contributed by atoms with Crippen LogP contribution in [-0.2, 0) is 6.54 Å². The van der Waals surface area contributed by atoms with Crippen LogP contribution >= 0.6 is 0 Å². The maximum atomic E-state index is 4.52. The van der Waals surface area contributed by atoms with Gasteiger partial charge < -0.3 is 5.32 Å². The van der Waals surface area contributed by atoms with Crippen LogP contribution in [0, 0.1) is 0 Å². The Bertz CT molecular complexity index is 422. The van der Waals surface area contributed by atoms with Crippen LogP contribution in [0.1, 0.15) is 19.0 Å². The average Bonchev–Trinajstić information content (AvgIpc) is 2.83. The molecular formula is C12H16N4. The van der Waals surface area contributed by atoms with Gasteiger partial charge in [-0.3, -0.25) is 0 Å². The van der Waals surface area contributed by atoms with Crippen LogP contribution in [0.5, 0.6) is 0 Å². The van der Waals surface area contributed by atoms with Crippen molar-refractivity contribution in [1.29, 1.82) is 0 Å². The highest BCUT2D eigenvalue weighted by molar-refractivity contribution is 5.23. The van der Waals surface area contributed by atoms with Gasteiger partial charge in [0.25, 0.3) is 0 Å². The van der Waals surface area contributed by atoms with Gasteiger partial charge in [-0.2, -0.15) is 5.10 Å². The number of hydrogen-bond donors (Lipinski definition) is 1. The van der Waals surface area contributed by atoms with E-state index in [1.54, 1.807) is 10.9 Å². The molecule has 0 saturated carbocycles. The van der Waals surface area contributed by atoms with Gasteiger partial charge in [-0.1, -0.05) is 13.0 Å². The Balaban J connectivity index is 2.08. The lowest BCUT2D eigenvalue weighted by atomic mass is 10.3. The number of rotatable bonds is 5. The molecule has 4 heteroatoms. The van der Waals surface area contributed by atoms with Crippen molar-refractivity contribution in [3.63, 3.8) is 0 Å². The zero-order valence-electron chi connectivity index (χ0n) is 9.43. The van der Waals surface area contributed by atoms with Gasteiger partial charge >= 0.3 is 0 Å². The lowest BCUT2D eigenvalue weighted by molar-refractivity contribution is 0.661. The normalized spacial score (nSPS) is 10.6. The fourth-order valence-corrected chi connectivity index (χ4v) is 1.49. The predicted molar refractivity (Wildman–Crippen MR) is 63.4 cm³/mol. The maximum Gasteiger partial charge on any atom is 0.153 e. The largest absolute Gasteiger partial charge is 0.311 e. The number of nitrogens with zero attached hydrogens (tertiary/aromatic N) is 3. The molecule has 0 spiro atoms. The third-order valence-corrected chi connectivity index (χ3v) is 2.26. The van der Waals surface area contributed by atoms with E-state index in [1.807, 2.05) is 30.5 Å². The Hall–Kier alpha value is -1.68. The average molecular weight is 216 g/mol. The van der Waals surface area contributed by atoms with Crippen LogP contribution in [0.15, 0.2) is 36.7 Å². The van der Waals surface area contributed by atoms with Gasteiger partial charge in [-0.05, 0) is 31.2 Å². The molecule has 0 amide bonds. The molecule has 0 aliphatic heterocycles. The van der Waals surface area contributed by atoms with Gasteiger partial charge in [0.15, 0.2) is 5.82 Å². The molecule has 0 aromatic carbocycles. The summed E-state index contributed by atoms with van der Waals surface area (Å²) >= 11 is 0. The van der Waals surface area contributed by atoms with Crippen molar-refractivity contribution < 1.29 is 0 Å². The van der Waals surface area contributed by atoms with Crippen LogP contribution in [0.2, 0.25) is 0 Å². The highest BCUT2D eigenvalue weighted by atomic mass is 15.3. The smallest absolute Gasteiger partial charge is 0.153 e. The lowest BCUT2D eigenvalue weighted by Crippen LogP contribution is -2.15. The van der Waals surface area contributed by atoms with E-state index in [2.05, 4.69) is 22.3 Å². The van der Waals surface area contributed by atoms with Crippen LogP contribution in [0.3, 0.4) is 0 Å². The van der Waals surface area contributed by atoms with E-state index < -0.39 is 0 Å². The lowest BCUT2D eigenvalue weighted by Gasteiger charge is -2.05. The molecule has 0 saturated heterocycles. The van der Waals surface area contributed by atoms with E-state index in [0.717, 1.165) is 31.0 Å². The van der Waals surface area contributed by atoms with Gasteiger partial charge in [-0.15, -0.1) is 0 Å². The predicted octanol–water partition coefficient (Wildman–Crippen LogP) is 1.77. The number of pyridine rings is 1. The number of aromatic nitrogens is 3. The molecule has 0 bridgehead atoms. The second-order valence-electron chi connectivity index (χ2n) is 3.61. The molecular weight excluding hydrogens is 200 g/mol. The van der Waals surface area contributed by atoms with E-state index in [9.17, 15) is 0 Å². The van der Waals surface area contributed by atoms with Crippen LogP contribution in [-0.4, -0.2) is 21.3 Å². The molecule has 0 atom stereocenters. The molecule has 2 aromatic rings. The summed E-state index contributed by atoms with van der Waals surface area (Å²) in [4.78, 5) is 4.52. The molecule has 1 N–H and O–H groups in total. The summed E-state index contributed by atoms with van der Waals surface area (Å²) in [5, 5.41) is 7.49. The van der Waals surface area contributed by atoms with Crippen molar-refractivity contribution >= 4 is 0 Å². The van der Waals surface area contributed by atoms with Gasteiger partial charge in [-0.25, -0.2) is 9.67 Å². The second kappa shape index (κ2) is 5.42. The Morgan fingerprint density at radius 1 is 1.31 bits per heavy atom. The van der Waals surface area contributed by atoms with E-state index >= 15 is 0 Å². The minimum Gasteiger partial charge on any atom is -0.311 e. The maximum absolute atomic E-state index is 4.52. The number of nitrogens with one attached hydrogen (secondary N) is 1. The van der Waals surface area contributed by atoms with Crippen molar-refractivity contribution in [2.75, 3.05) is 6.54 Å². The summed E-state index contributed by atoms with van der Waals surface area (Å²) in [6.07, 6.45) is 4.79. The Morgan fingerprint density at radius 2 is 2.25 bits per heavy atom. The Morgan fingerprint density at radius 3 is 3.00 bits per heavy atom. The van der Waals surface area contributed by atoms with E-state index in [1.165, 1.54) is 0 Å². The quantitative estimate of drug-likeness (QED) is 0.774. The Labute approximate surface area is 95.3 Å². The summed E-state index contributed by atoms with van der Waals surface area (Å²) in [6.45, 7) is 3.98. The molecule has 0 radical (unpaired) electrons. The summed E-state index contributed by atoms with van der Waals surface area (Å²) < 4.78 is 1.77. The molecule has 2 rings (SSSR count). The van der Waals surface area contributed by atoms with E-state index in [-0.39, 0.29) is 0 Å². The molecule has 0 fully saturated rings. The van der Waals surface area contributed by atoms with Gasteiger partial charge in [0.2, 0.25) is 0 Å². The van der Waals surface area contributed by atoms with E-state index in [4.69, 9.17) is 0 Å². The summed E-state index contributed by atoms with van der Waals surface area (Å²) in [7, 11) is 0.